The van der Waals surface area contributed by atoms with Crippen LogP contribution in [0.5, 0.6) is 0 Å². The number of hydrogen-bond acceptors (Lipinski definition) is 4. The number of nitrogens with zero attached hydrogens (tertiary/aromatic N) is 2. The van der Waals surface area contributed by atoms with Crippen molar-refractivity contribution in [3.8, 4) is 0 Å². The Morgan fingerprint density at radius 3 is 2.50 bits per heavy atom. The third-order valence-electron chi connectivity index (χ3n) is 4.35. The molecule has 1 aliphatic heterocycles. The van der Waals surface area contributed by atoms with E-state index >= 15 is 0 Å². The van der Waals surface area contributed by atoms with E-state index in [0.717, 1.165) is 24.4 Å². The maximum absolute atomic E-state index is 12.3. The van der Waals surface area contributed by atoms with Gasteiger partial charge in [-0.25, -0.2) is 4.98 Å². The standard InChI is InChI=1S/C19H25N3OS/c1-14-8-15(2)10-16(9-14)13-24-19-20-11-17(18(23)21-19)12-22-6-4-3-5-7-22/h8-11H,3-7,12-13H2,1-2H3,(H,20,21,23). The van der Waals surface area contributed by atoms with Crippen LogP contribution in [-0.2, 0) is 12.3 Å². The van der Waals surface area contributed by atoms with E-state index in [0.29, 0.717) is 11.7 Å². The lowest BCUT2D eigenvalue weighted by Gasteiger charge is -2.25. The second-order valence-corrected chi connectivity index (χ2v) is 7.63. The highest BCUT2D eigenvalue weighted by molar-refractivity contribution is 7.98. The first-order chi connectivity index (χ1) is 11.6. The Hall–Kier alpha value is -1.59. The molecule has 0 saturated carbocycles. The molecule has 1 saturated heterocycles. The van der Waals surface area contributed by atoms with Gasteiger partial charge in [0.15, 0.2) is 5.16 Å². The molecule has 0 spiro atoms. The molecule has 0 unspecified atom stereocenters. The molecule has 1 aromatic carbocycles. The average Bonchev–Trinajstić information content (AvgIpc) is 2.55. The minimum Gasteiger partial charge on any atom is -0.301 e. The molecule has 4 nitrogen and oxygen atoms in total. The number of H-pyrrole nitrogens is 1. The lowest BCUT2D eigenvalue weighted by atomic mass is 10.1. The number of piperidine rings is 1. The first-order valence-electron chi connectivity index (χ1n) is 8.61. The van der Waals surface area contributed by atoms with Crippen LogP contribution in [0.1, 0.15) is 41.5 Å². The summed E-state index contributed by atoms with van der Waals surface area (Å²) in [6, 6.07) is 6.54. The van der Waals surface area contributed by atoms with Gasteiger partial charge in [-0.15, -0.1) is 0 Å². The molecule has 0 amide bonds. The van der Waals surface area contributed by atoms with Crippen molar-refractivity contribution in [2.45, 2.75) is 50.6 Å². The van der Waals surface area contributed by atoms with Crippen LogP contribution in [0.4, 0.5) is 0 Å². The van der Waals surface area contributed by atoms with Crippen LogP contribution in [0.15, 0.2) is 34.3 Å². The number of likely N-dealkylation sites (tertiary alicyclic amines) is 1. The van der Waals surface area contributed by atoms with Crippen LogP contribution in [-0.4, -0.2) is 28.0 Å². The molecule has 0 aliphatic carbocycles. The summed E-state index contributed by atoms with van der Waals surface area (Å²) >= 11 is 1.58. The summed E-state index contributed by atoms with van der Waals surface area (Å²) in [5.41, 5.74) is 4.57. The molecule has 0 radical (unpaired) electrons. The van der Waals surface area contributed by atoms with Gasteiger partial charge in [0.05, 0.1) is 0 Å². The zero-order valence-corrected chi connectivity index (χ0v) is 15.3. The molecule has 3 rings (SSSR count). The van der Waals surface area contributed by atoms with Crippen molar-refractivity contribution in [3.05, 3.63) is 57.0 Å². The van der Waals surface area contributed by atoms with Gasteiger partial charge in [0.2, 0.25) is 0 Å². The lowest BCUT2D eigenvalue weighted by Crippen LogP contribution is -2.31. The van der Waals surface area contributed by atoms with Crippen molar-refractivity contribution in [1.82, 2.24) is 14.9 Å². The predicted molar refractivity (Wildman–Crippen MR) is 99.5 cm³/mol. The smallest absolute Gasteiger partial charge is 0.256 e. The van der Waals surface area contributed by atoms with E-state index in [1.54, 1.807) is 18.0 Å². The van der Waals surface area contributed by atoms with E-state index < -0.39 is 0 Å². The van der Waals surface area contributed by atoms with Crippen LogP contribution in [0, 0.1) is 13.8 Å². The molecular formula is C19H25N3OS. The monoisotopic (exact) mass is 343 g/mol. The Morgan fingerprint density at radius 1 is 1.12 bits per heavy atom. The summed E-state index contributed by atoms with van der Waals surface area (Å²) in [7, 11) is 0. The molecule has 128 valence electrons. The summed E-state index contributed by atoms with van der Waals surface area (Å²) in [4.78, 5) is 22.0. The van der Waals surface area contributed by atoms with Gasteiger partial charge in [-0.2, -0.15) is 0 Å². The lowest BCUT2D eigenvalue weighted by molar-refractivity contribution is 0.219. The first kappa shape index (κ1) is 17.2. The number of nitrogens with one attached hydrogen (secondary N) is 1. The van der Waals surface area contributed by atoms with Crippen molar-refractivity contribution < 1.29 is 0 Å². The molecule has 2 heterocycles. The minimum atomic E-state index is -0.00139. The topological polar surface area (TPSA) is 49.0 Å². The van der Waals surface area contributed by atoms with Crippen LogP contribution in [0.2, 0.25) is 0 Å². The maximum Gasteiger partial charge on any atom is 0.256 e. The Labute approximate surface area is 147 Å². The van der Waals surface area contributed by atoms with E-state index in [1.165, 1.54) is 36.0 Å². The molecule has 0 atom stereocenters. The molecule has 1 aromatic heterocycles. The molecule has 24 heavy (non-hydrogen) atoms. The van der Waals surface area contributed by atoms with Crippen molar-refractivity contribution >= 4 is 11.8 Å². The number of thioether (sulfide) groups is 1. The molecule has 1 N–H and O–H groups in total. The second-order valence-electron chi connectivity index (χ2n) is 6.66. The SMILES string of the molecule is Cc1cc(C)cc(CSc2ncc(CN3CCCCC3)c(=O)[nH]2)c1. The van der Waals surface area contributed by atoms with Gasteiger partial charge in [-0.05, 0) is 45.3 Å². The highest BCUT2D eigenvalue weighted by atomic mass is 32.2. The van der Waals surface area contributed by atoms with Crippen molar-refractivity contribution in [2.24, 2.45) is 0 Å². The Bertz CT molecular complexity index is 730. The zero-order valence-electron chi connectivity index (χ0n) is 14.5. The number of aromatic amines is 1. The van der Waals surface area contributed by atoms with E-state index in [1.807, 2.05) is 0 Å². The van der Waals surface area contributed by atoms with Gasteiger partial charge >= 0.3 is 0 Å². The first-order valence-corrected chi connectivity index (χ1v) is 9.59. The summed E-state index contributed by atoms with van der Waals surface area (Å²) in [5.74, 6) is 0.816. The molecule has 1 fully saturated rings. The Balaban J connectivity index is 1.62. The Morgan fingerprint density at radius 2 is 1.83 bits per heavy atom. The summed E-state index contributed by atoms with van der Waals surface area (Å²) in [6.45, 7) is 7.10. The van der Waals surface area contributed by atoms with Crippen molar-refractivity contribution in [1.29, 1.82) is 0 Å². The molecule has 2 aromatic rings. The quantitative estimate of drug-likeness (QED) is 0.665. The second kappa shape index (κ2) is 7.99. The van der Waals surface area contributed by atoms with Gasteiger partial charge in [-0.1, -0.05) is 47.5 Å². The van der Waals surface area contributed by atoms with Crippen LogP contribution in [0.3, 0.4) is 0 Å². The average molecular weight is 343 g/mol. The minimum absolute atomic E-state index is 0.00139. The van der Waals surface area contributed by atoms with Crippen LogP contribution < -0.4 is 5.56 Å². The number of rotatable bonds is 5. The van der Waals surface area contributed by atoms with Crippen molar-refractivity contribution in [3.63, 3.8) is 0 Å². The van der Waals surface area contributed by atoms with Gasteiger partial charge in [0.25, 0.3) is 5.56 Å². The highest BCUT2D eigenvalue weighted by Gasteiger charge is 2.13. The summed E-state index contributed by atoms with van der Waals surface area (Å²) < 4.78 is 0. The fourth-order valence-electron chi connectivity index (χ4n) is 3.25. The van der Waals surface area contributed by atoms with Crippen molar-refractivity contribution in [2.75, 3.05) is 13.1 Å². The summed E-state index contributed by atoms with van der Waals surface area (Å²) in [6.07, 6.45) is 5.51. The molecule has 1 aliphatic rings. The third kappa shape index (κ3) is 4.71. The number of benzene rings is 1. The van der Waals surface area contributed by atoms with Crippen LogP contribution >= 0.6 is 11.8 Å². The van der Waals surface area contributed by atoms with E-state index in [4.69, 9.17) is 0 Å². The highest BCUT2D eigenvalue weighted by Crippen LogP contribution is 2.20. The molecule has 5 heteroatoms. The number of hydrogen-bond donors (Lipinski definition) is 1. The fraction of sp³-hybridized carbons (Fsp3) is 0.474. The number of aromatic nitrogens is 2. The molecular weight excluding hydrogens is 318 g/mol. The largest absolute Gasteiger partial charge is 0.301 e. The van der Waals surface area contributed by atoms with E-state index in [-0.39, 0.29) is 5.56 Å². The fourth-order valence-corrected chi connectivity index (χ4v) is 4.02. The summed E-state index contributed by atoms with van der Waals surface area (Å²) in [5, 5.41) is 0.696. The Kier molecular flexibility index (Phi) is 5.74. The van der Waals surface area contributed by atoms with Gasteiger partial charge in [-0.3, -0.25) is 9.69 Å². The van der Waals surface area contributed by atoms with E-state index in [2.05, 4.69) is 46.9 Å². The van der Waals surface area contributed by atoms with Crippen LogP contribution in [0.25, 0.3) is 0 Å². The zero-order chi connectivity index (χ0) is 16.9. The van der Waals surface area contributed by atoms with E-state index in [9.17, 15) is 4.79 Å². The molecule has 0 bridgehead atoms. The van der Waals surface area contributed by atoms with Gasteiger partial charge in [0, 0.05) is 24.1 Å². The predicted octanol–water partition coefficient (Wildman–Crippen LogP) is 3.66. The normalized spacial score (nSPS) is 15.6. The van der Waals surface area contributed by atoms with Gasteiger partial charge < -0.3 is 4.98 Å². The number of aryl methyl sites for hydroxylation is 2. The maximum atomic E-state index is 12.3. The van der Waals surface area contributed by atoms with Gasteiger partial charge in [0.1, 0.15) is 0 Å². The third-order valence-corrected chi connectivity index (χ3v) is 5.31.